The lowest BCUT2D eigenvalue weighted by Crippen LogP contribution is -2.22. The number of phenolic OH excluding ortho intramolecular Hbond substituents is 1. The number of hydrogen-bond acceptors (Lipinski definition) is 3. The van der Waals surface area contributed by atoms with Crippen molar-refractivity contribution in [2.24, 2.45) is 0 Å². The molecule has 1 aliphatic heterocycles. The van der Waals surface area contributed by atoms with Gasteiger partial charge in [0.15, 0.2) is 0 Å². The highest BCUT2D eigenvalue weighted by atomic mass is 16.5. The summed E-state index contributed by atoms with van der Waals surface area (Å²) in [6.45, 7) is 27.9. The molecule has 0 spiro atoms. The first kappa shape index (κ1) is 26.3. The zero-order chi connectivity index (χ0) is 26.2. The molecule has 0 saturated carbocycles. The number of benzene rings is 2. The van der Waals surface area contributed by atoms with Gasteiger partial charge in [-0.25, -0.2) is 0 Å². The fourth-order valence-corrected chi connectivity index (χ4v) is 5.02. The Kier molecular flexibility index (Phi) is 6.09. The molecule has 0 aliphatic carbocycles. The van der Waals surface area contributed by atoms with Gasteiger partial charge in [-0.05, 0) is 50.8 Å². The van der Waals surface area contributed by atoms with Crippen LogP contribution in [0.1, 0.15) is 128 Å². The molecule has 186 valence electrons. The maximum Gasteiger partial charge on any atom is 0.323 e. The smallest absolute Gasteiger partial charge is 0.323 e. The summed E-state index contributed by atoms with van der Waals surface area (Å²) >= 11 is 0. The van der Waals surface area contributed by atoms with Crippen molar-refractivity contribution in [2.75, 3.05) is 0 Å². The van der Waals surface area contributed by atoms with Crippen LogP contribution in [0.3, 0.4) is 0 Å². The summed E-state index contributed by atoms with van der Waals surface area (Å²) in [5, 5.41) is 11.6. The maximum atomic E-state index is 13.6. The van der Waals surface area contributed by atoms with Gasteiger partial charge in [0.05, 0.1) is 0 Å². The predicted molar refractivity (Wildman–Crippen MR) is 142 cm³/mol. The number of carbonyl (C=O) groups is 1. The number of aromatic hydroxyl groups is 1. The lowest BCUT2D eigenvalue weighted by Gasteiger charge is -2.31. The first-order valence-corrected chi connectivity index (χ1v) is 12.4. The van der Waals surface area contributed by atoms with Crippen LogP contribution < -0.4 is 4.74 Å². The van der Waals surface area contributed by atoms with E-state index in [0.717, 1.165) is 27.8 Å². The number of rotatable bonds is 1. The van der Waals surface area contributed by atoms with Crippen molar-refractivity contribution in [3.05, 3.63) is 57.1 Å². The molecule has 3 heteroatoms. The van der Waals surface area contributed by atoms with Gasteiger partial charge in [-0.2, -0.15) is 0 Å². The van der Waals surface area contributed by atoms with Crippen molar-refractivity contribution in [3.8, 4) is 11.5 Å². The zero-order valence-electron chi connectivity index (χ0n) is 23.6. The number of phenols is 1. The lowest BCUT2D eigenvalue weighted by molar-refractivity contribution is -0.133. The molecule has 1 heterocycles. The first-order valence-electron chi connectivity index (χ1n) is 12.4. The van der Waals surface area contributed by atoms with Crippen molar-refractivity contribution in [1.82, 2.24) is 0 Å². The molecule has 0 saturated heterocycles. The summed E-state index contributed by atoms with van der Waals surface area (Å²) in [5.74, 6) is -0.0864. The normalized spacial score (nSPS) is 17.1. The van der Waals surface area contributed by atoms with Gasteiger partial charge in [-0.1, -0.05) is 101 Å². The number of esters is 1. The highest BCUT2D eigenvalue weighted by molar-refractivity contribution is 5.92. The highest BCUT2D eigenvalue weighted by Crippen LogP contribution is 2.52. The fraction of sp³-hybridized carbons (Fsp3) is 0.581. The summed E-state index contributed by atoms with van der Waals surface area (Å²) in [7, 11) is 0. The van der Waals surface area contributed by atoms with E-state index in [-0.39, 0.29) is 33.4 Å². The quantitative estimate of drug-likeness (QED) is 0.344. The van der Waals surface area contributed by atoms with Gasteiger partial charge in [0.1, 0.15) is 17.4 Å². The van der Waals surface area contributed by atoms with Crippen molar-refractivity contribution < 1.29 is 14.6 Å². The van der Waals surface area contributed by atoms with Crippen LogP contribution >= 0.6 is 0 Å². The monoisotopic (exact) mass is 464 g/mol. The summed E-state index contributed by atoms with van der Waals surface area (Å²) in [6.07, 6.45) is 0. The van der Waals surface area contributed by atoms with Gasteiger partial charge in [-0.3, -0.25) is 4.79 Å². The van der Waals surface area contributed by atoms with E-state index in [0.29, 0.717) is 11.3 Å². The van der Waals surface area contributed by atoms with Crippen LogP contribution in [0.15, 0.2) is 18.2 Å². The third-order valence-corrected chi connectivity index (χ3v) is 7.05. The molecule has 1 atom stereocenters. The summed E-state index contributed by atoms with van der Waals surface area (Å²) in [4.78, 5) is 13.6. The summed E-state index contributed by atoms with van der Waals surface area (Å²) in [6, 6.07) is 6.44. The second-order valence-corrected chi connectivity index (χ2v) is 14.2. The van der Waals surface area contributed by atoms with E-state index >= 15 is 0 Å². The second kappa shape index (κ2) is 7.86. The molecule has 0 aromatic heterocycles. The van der Waals surface area contributed by atoms with Crippen molar-refractivity contribution in [3.63, 3.8) is 0 Å². The lowest BCUT2D eigenvalue weighted by atomic mass is 9.72. The Labute approximate surface area is 206 Å². The highest BCUT2D eigenvalue weighted by Gasteiger charge is 2.43. The van der Waals surface area contributed by atoms with Gasteiger partial charge < -0.3 is 9.84 Å². The summed E-state index contributed by atoms with van der Waals surface area (Å²) < 4.78 is 6.01. The third kappa shape index (κ3) is 4.51. The number of ether oxygens (including phenoxy) is 1. The van der Waals surface area contributed by atoms with Crippen LogP contribution in [0, 0.1) is 6.92 Å². The maximum absolute atomic E-state index is 13.6. The van der Waals surface area contributed by atoms with Crippen molar-refractivity contribution in [1.29, 1.82) is 0 Å². The first-order chi connectivity index (χ1) is 15.2. The molecule has 1 N–H and O–H groups in total. The van der Waals surface area contributed by atoms with E-state index in [1.54, 1.807) is 0 Å². The van der Waals surface area contributed by atoms with Gasteiger partial charge >= 0.3 is 5.97 Å². The van der Waals surface area contributed by atoms with Crippen LogP contribution in [-0.4, -0.2) is 11.1 Å². The molecule has 34 heavy (non-hydrogen) atoms. The van der Waals surface area contributed by atoms with Gasteiger partial charge in [0.25, 0.3) is 0 Å². The van der Waals surface area contributed by atoms with Crippen molar-refractivity contribution >= 4 is 5.97 Å². The van der Waals surface area contributed by atoms with Crippen LogP contribution in [0.5, 0.6) is 11.5 Å². The minimum absolute atomic E-state index is 0.0911. The molecule has 3 rings (SSSR count). The molecule has 0 bridgehead atoms. The number of carbonyl (C=O) groups excluding carboxylic acids is 1. The molecule has 1 unspecified atom stereocenters. The van der Waals surface area contributed by atoms with Crippen LogP contribution in [0.25, 0.3) is 0 Å². The minimum atomic E-state index is -0.651. The van der Waals surface area contributed by atoms with Gasteiger partial charge in [0, 0.05) is 16.7 Å². The Morgan fingerprint density at radius 2 is 1.21 bits per heavy atom. The SMILES string of the molecule is Cc1c(C(C)(C)C)cc(C(C)(C)C)c(O)c1C1C(=O)Oc2c1cc(C(C)(C)C)cc2C(C)(C)C. The Bertz CT molecular complexity index is 1100. The molecular weight excluding hydrogens is 420 g/mol. The Morgan fingerprint density at radius 1 is 0.706 bits per heavy atom. The Hall–Kier alpha value is -2.29. The van der Waals surface area contributed by atoms with Crippen LogP contribution in [0.2, 0.25) is 0 Å². The molecule has 3 nitrogen and oxygen atoms in total. The summed E-state index contributed by atoms with van der Waals surface area (Å²) in [5.41, 5.74) is 6.03. The fourth-order valence-electron chi connectivity index (χ4n) is 5.02. The van der Waals surface area contributed by atoms with Gasteiger partial charge in [0.2, 0.25) is 0 Å². The molecular formula is C31H44O3. The standard InChI is InChI=1S/C31H44O3/c1-17-20(29(5,6)7)16-21(30(8,9)10)25(32)23(17)24-19-14-18(28(2,3)4)15-22(31(11,12)13)26(19)34-27(24)33/h14-16,24,32H,1-13H3. The van der Waals surface area contributed by atoms with Crippen LogP contribution in [-0.2, 0) is 26.5 Å². The molecule has 2 aromatic carbocycles. The largest absolute Gasteiger partial charge is 0.507 e. The third-order valence-electron chi connectivity index (χ3n) is 7.05. The Morgan fingerprint density at radius 3 is 1.65 bits per heavy atom. The van der Waals surface area contributed by atoms with E-state index in [1.807, 2.05) is 6.92 Å². The number of hydrogen-bond donors (Lipinski definition) is 1. The topological polar surface area (TPSA) is 46.5 Å². The Balaban J connectivity index is 2.46. The minimum Gasteiger partial charge on any atom is -0.507 e. The van der Waals surface area contributed by atoms with E-state index in [2.05, 4.69) is 101 Å². The molecule has 0 radical (unpaired) electrons. The predicted octanol–water partition coefficient (Wildman–Crippen LogP) is 7.94. The molecule has 1 aliphatic rings. The van der Waals surface area contributed by atoms with E-state index < -0.39 is 5.92 Å². The van der Waals surface area contributed by atoms with E-state index in [9.17, 15) is 9.90 Å². The van der Waals surface area contributed by atoms with Crippen molar-refractivity contribution in [2.45, 2.75) is 118 Å². The van der Waals surface area contributed by atoms with E-state index in [4.69, 9.17) is 4.74 Å². The average molecular weight is 465 g/mol. The average Bonchev–Trinajstić information content (AvgIpc) is 2.93. The van der Waals surface area contributed by atoms with Gasteiger partial charge in [-0.15, -0.1) is 0 Å². The molecule has 2 aromatic rings. The second-order valence-electron chi connectivity index (χ2n) is 14.2. The number of fused-ring (bicyclic) bond motifs is 1. The molecule has 0 fully saturated rings. The zero-order valence-corrected chi connectivity index (χ0v) is 23.6. The molecule has 0 amide bonds. The van der Waals surface area contributed by atoms with E-state index in [1.165, 1.54) is 5.56 Å². The van der Waals surface area contributed by atoms with Crippen LogP contribution in [0.4, 0.5) is 0 Å².